The van der Waals surface area contributed by atoms with Gasteiger partial charge in [-0.25, -0.2) is 0 Å². The fourth-order valence-corrected chi connectivity index (χ4v) is 1.89. The average molecular weight is 298 g/mol. The van der Waals surface area contributed by atoms with Crippen molar-refractivity contribution < 1.29 is 24.7 Å². The lowest BCUT2D eigenvalue weighted by atomic mass is 9.58. The molecule has 19 heavy (non-hydrogen) atoms. The molecule has 1 nitrogen and oxygen atoms in total. The Kier molecular flexibility index (Phi) is 1.24. The molecule has 0 radical (unpaired) electrons. The number of benzene rings is 1. The summed E-state index contributed by atoms with van der Waals surface area (Å²) in [5.41, 5.74) is -4.75. The predicted octanol–water partition coefficient (Wildman–Crippen LogP) is 4.74. The average Bonchev–Trinajstić information content (AvgIpc) is 2.69. The van der Waals surface area contributed by atoms with Crippen LogP contribution in [0.15, 0.2) is 24.2 Å². The molecule has 0 bridgehead atoms. The third kappa shape index (κ3) is 2.98. The van der Waals surface area contributed by atoms with E-state index in [1.165, 1.54) is 13.8 Å². The van der Waals surface area contributed by atoms with Crippen LogP contribution in [0, 0.1) is 5.92 Å². The highest BCUT2D eigenvalue weighted by Gasteiger charge is 2.46. The second-order valence-corrected chi connectivity index (χ2v) is 4.84. The zero-order chi connectivity index (χ0) is 29.7. The SMILES string of the molecule is [2H]c1c([2H])c(C2(C(N(C([2H])([2H])[2H])C([2H])([2H])[2H])C([2H])([2H])C(C)C)C([2H])([2H])C([2H])([2H])C2([2H])[2H])c([2H])c([2H])c1Cl. The Morgan fingerprint density at radius 3 is 2.58 bits per heavy atom. The number of hydrogen-bond donors (Lipinski definition) is 0. The lowest BCUT2D eigenvalue weighted by Gasteiger charge is -2.51. The molecule has 0 saturated heterocycles. The Hall–Kier alpha value is -0.530. The van der Waals surface area contributed by atoms with Crippen molar-refractivity contribution in [3.8, 4) is 0 Å². The zero-order valence-corrected chi connectivity index (χ0v) is 11.2. The summed E-state index contributed by atoms with van der Waals surface area (Å²) in [6, 6.07) is -7.28. The van der Waals surface area contributed by atoms with Crippen LogP contribution in [0.5, 0.6) is 0 Å². The minimum atomic E-state index is -3.75. The fourth-order valence-electron chi connectivity index (χ4n) is 1.80. The normalized spacial score (nSPS) is 43.4. The minimum Gasteiger partial charge on any atom is -0.306 e. The van der Waals surface area contributed by atoms with E-state index in [2.05, 4.69) is 0 Å². The molecule has 1 aromatic carbocycles. The van der Waals surface area contributed by atoms with Crippen LogP contribution in [0.2, 0.25) is 5.02 Å². The first-order chi connectivity index (χ1) is 16.1. The Bertz CT molecular complexity index is 1010. The standard InChI is InChI=1S/C17H26ClN/c1-13(2)12-16(19(3)4)17(10-5-11-17)14-6-8-15(18)9-7-14/h6-9,13,16H,5,10-12H2,1-4H3/i3D3,4D3,5D2,6D,7D,8D,9D,10D2,11D2,12D2. The van der Waals surface area contributed by atoms with E-state index in [4.69, 9.17) is 36.3 Å². The third-order valence-electron chi connectivity index (χ3n) is 2.67. The molecule has 0 heterocycles. The Morgan fingerprint density at radius 2 is 2.05 bits per heavy atom. The molecule has 0 aromatic heterocycles. The molecule has 0 aliphatic heterocycles. The molecule has 1 aliphatic rings. The van der Waals surface area contributed by atoms with E-state index in [0.717, 1.165) is 0 Å². The molecule has 2 heteroatoms. The van der Waals surface area contributed by atoms with Crippen molar-refractivity contribution in [3.63, 3.8) is 0 Å². The first kappa shape index (κ1) is 4.01. The van der Waals surface area contributed by atoms with Crippen molar-refractivity contribution in [2.24, 2.45) is 5.92 Å². The largest absolute Gasteiger partial charge is 0.306 e. The highest BCUT2D eigenvalue weighted by Crippen LogP contribution is 2.49. The van der Waals surface area contributed by atoms with Gasteiger partial charge in [0.25, 0.3) is 0 Å². The lowest BCUT2D eigenvalue weighted by Crippen LogP contribution is -2.52. The van der Waals surface area contributed by atoms with Gasteiger partial charge in [-0.2, -0.15) is 0 Å². The monoisotopic (exact) mass is 297 g/mol. The lowest BCUT2D eigenvalue weighted by molar-refractivity contribution is 0.0808. The summed E-state index contributed by atoms with van der Waals surface area (Å²) in [4.78, 5) is -0.397. The zero-order valence-electron chi connectivity index (χ0n) is 28.5. The molecule has 1 unspecified atom stereocenters. The van der Waals surface area contributed by atoms with E-state index in [1.807, 2.05) is 0 Å². The van der Waals surface area contributed by atoms with Crippen molar-refractivity contribution in [1.29, 1.82) is 0 Å². The molecule has 1 fully saturated rings. The number of rotatable bonds is 5. The summed E-state index contributed by atoms with van der Waals surface area (Å²) >= 11 is 5.86. The second-order valence-electron chi connectivity index (χ2n) is 4.47. The molecule has 2 rings (SSSR count). The molecule has 1 aliphatic carbocycles. The van der Waals surface area contributed by atoms with Gasteiger partial charge in [0, 0.05) is 35.7 Å². The van der Waals surface area contributed by atoms with Crippen LogP contribution in [0.25, 0.3) is 0 Å². The van der Waals surface area contributed by atoms with Gasteiger partial charge < -0.3 is 4.90 Å². The van der Waals surface area contributed by atoms with Crippen LogP contribution in [0.4, 0.5) is 0 Å². The molecule has 0 spiro atoms. The summed E-state index contributed by atoms with van der Waals surface area (Å²) in [7, 11) is 0. The van der Waals surface area contributed by atoms with Crippen LogP contribution < -0.4 is 0 Å². The minimum absolute atomic E-state index is 0.397. The molecular formula is C17H26ClN. The van der Waals surface area contributed by atoms with E-state index in [9.17, 15) is 0 Å². The van der Waals surface area contributed by atoms with E-state index >= 15 is 0 Å². The summed E-state index contributed by atoms with van der Waals surface area (Å²) in [5.74, 6) is -1.33. The molecule has 0 N–H and O–H groups in total. The third-order valence-corrected chi connectivity index (χ3v) is 2.86. The van der Waals surface area contributed by atoms with Gasteiger partial charge in [0.05, 0.1) is 5.48 Å². The first-order valence-electron chi connectivity index (χ1n) is 14.7. The molecule has 106 valence electrons. The highest BCUT2D eigenvalue weighted by molar-refractivity contribution is 6.30. The predicted molar refractivity (Wildman–Crippen MR) is 83.9 cm³/mol. The van der Waals surface area contributed by atoms with Crippen LogP contribution >= 0.6 is 11.6 Å². The maximum atomic E-state index is 8.77. The van der Waals surface area contributed by atoms with Gasteiger partial charge in [0.2, 0.25) is 0 Å². The summed E-state index contributed by atoms with van der Waals surface area (Å²) < 4.78 is 149. The van der Waals surface area contributed by atoms with E-state index < -0.39 is 96.5 Å². The number of halogens is 1. The summed E-state index contributed by atoms with van der Waals surface area (Å²) in [6.45, 7) is -5.12. The second kappa shape index (κ2) is 5.85. The highest BCUT2D eigenvalue weighted by atomic mass is 35.5. The summed E-state index contributed by atoms with van der Waals surface area (Å²) in [6.07, 6.45) is -14.0. The van der Waals surface area contributed by atoms with Crippen molar-refractivity contribution in [2.75, 3.05) is 14.0 Å². The van der Waals surface area contributed by atoms with Crippen LogP contribution in [-0.2, 0) is 5.41 Å². The molecule has 1 aromatic rings. The molecule has 1 saturated carbocycles. The van der Waals surface area contributed by atoms with E-state index in [-0.39, 0.29) is 0 Å². The van der Waals surface area contributed by atoms with Gasteiger partial charge in [-0.3, -0.25) is 0 Å². The Balaban J connectivity index is 3.41. The van der Waals surface area contributed by atoms with Gasteiger partial charge >= 0.3 is 0 Å². The maximum absolute atomic E-state index is 8.77. The van der Waals surface area contributed by atoms with Gasteiger partial charge in [-0.15, -0.1) is 0 Å². The topological polar surface area (TPSA) is 3.24 Å². The molecule has 1 atom stereocenters. The van der Waals surface area contributed by atoms with Crippen LogP contribution in [-0.4, -0.2) is 24.9 Å². The van der Waals surface area contributed by atoms with Crippen molar-refractivity contribution in [2.45, 2.75) is 50.8 Å². The van der Waals surface area contributed by atoms with Gasteiger partial charge in [0.1, 0.15) is 0 Å². The summed E-state index contributed by atoms with van der Waals surface area (Å²) in [5, 5.41) is -0.760. The first-order valence-corrected chi connectivity index (χ1v) is 6.04. The number of likely N-dealkylation sites (N-methyl/N-ethyl adjacent to an activating group) is 1. The number of hydrogen-bond acceptors (Lipinski definition) is 1. The van der Waals surface area contributed by atoms with Crippen molar-refractivity contribution >= 4 is 11.6 Å². The van der Waals surface area contributed by atoms with Crippen molar-refractivity contribution in [3.05, 3.63) is 34.8 Å². The quantitative estimate of drug-likeness (QED) is 0.759. The molecular weight excluding hydrogens is 254 g/mol. The Morgan fingerprint density at radius 1 is 1.42 bits per heavy atom. The van der Waals surface area contributed by atoms with Crippen molar-refractivity contribution in [1.82, 2.24) is 4.90 Å². The Labute approximate surface area is 148 Å². The molecule has 0 amide bonds. The van der Waals surface area contributed by atoms with Crippen LogP contribution in [0.1, 0.15) is 69.6 Å². The van der Waals surface area contributed by atoms with Crippen LogP contribution in [0.3, 0.4) is 0 Å². The maximum Gasteiger partial charge on any atom is 0.0639 e. The smallest absolute Gasteiger partial charge is 0.0639 e. The van der Waals surface area contributed by atoms with E-state index in [0.29, 0.717) is 0 Å². The van der Waals surface area contributed by atoms with E-state index in [1.54, 1.807) is 0 Å². The van der Waals surface area contributed by atoms with Gasteiger partial charge in [-0.05, 0) is 56.6 Å². The fraction of sp³-hybridized carbons (Fsp3) is 0.647. The number of nitrogens with zero attached hydrogens (tertiary/aromatic N) is 1. The van der Waals surface area contributed by atoms with Gasteiger partial charge in [-0.1, -0.05) is 43.9 Å². The van der Waals surface area contributed by atoms with Gasteiger partial charge in [0.15, 0.2) is 0 Å².